The lowest BCUT2D eigenvalue weighted by molar-refractivity contribution is 0.0746. The van der Waals surface area contributed by atoms with Crippen LogP contribution in [0.15, 0.2) is 36.8 Å². The fourth-order valence-electron chi connectivity index (χ4n) is 3.98. The third-order valence-electron chi connectivity index (χ3n) is 5.66. The molecule has 5 rings (SSSR count). The van der Waals surface area contributed by atoms with E-state index in [1.165, 1.54) is 23.1 Å². The van der Waals surface area contributed by atoms with Crippen molar-refractivity contribution in [2.75, 3.05) is 31.1 Å². The van der Waals surface area contributed by atoms with Crippen molar-refractivity contribution >= 4 is 34.4 Å². The van der Waals surface area contributed by atoms with E-state index < -0.39 is 0 Å². The van der Waals surface area contributed by atoms with E-state index in [4.69, 9.17) is 11.6 Å². The van der Waals surface area contributed by atoms with Crippen LogP contribution in [0.25, 0.3) is 16.7 Å². The predicted octanol–water partition coefficient (Wildman–Crippen LogP) is 2.61. The molecular weight excluding hydrogens is 435 g/mol. The van der Waals surface area contributed by atoms with Crippen molar-refractivity contribution < 1.29 is 9.18 Å². The van der Waals surface area contributed by atoms with Gasteiger partial charge in [-0.15, -0.1) is 0 Å². The first-order valence-electron chi connectivity index (χ1n) is 10.1. The zero-order chi connectivity index (χ0) is 22.4. The van der Waals surface area contributed by atoms with Crippen molar-refractivity contribution in [3.05, 3.63) is 59.0 Å². The van der Waals surface area contributed by atoms with Gasteiger partial charge >= 0.3 is 0 Å². The Kier molecular flexibility index (Phi) is 5.01. The summed E-state index contributed by atoms with van der Waals surface area (Å²) in [7, 11) is 1.84. The standard InChI is InChI=1S/C21H20ClFN8O/c1-13-17(18(22)31(27-13)15-5-3-14(23)4-6-15)21(32)30-9-7-29(8-10-30)20-16-11-26-28(2)19(16)24-12-25-20/h3-6,11-12H,7-10H2,1-2H3. The molecule has 9 nitrogen and oxygen atoms in total. The van der Waals surface area contributed by atoms with E-state index in [0.29, 0.717) is 43.1 Å². The Morgan fingerprint density at radius 1 is 1.09 bits per heavy atom. The highest BCUT2D eigenvalue weighted by Gasteiger charge is 2.29. The summed E-state index contributed by atoms with van der Waals surface area (Å²) in [5, 5.41) is 9.77. The first-order chi connectivity index (χ1) is 15.4. The number of benzene rings is 1. The SMILES string of the molecule is Cc1nn(-c2ccc(F)cc2)c(Cl)c1C(=O)N1CCN(c2ncnc3c2cnn3C)CC1. The lowest BCUT2D eigenvalue weighted by Crippen LogP contribution is -2.49. The average molecular weight is 455 g/mol. The number of hydrogen-bond donors (Lipinski definition) is 0. The Bertz CT molecular complexity index is 1310. The van der Waals surface area contributed by atoms with Crippen LogP contribution < -0.4 is 4.90 Å². The molecular formula is C21H20ClFN8O. The third-order valence-corrected chi connectivity index (χ3v) is 6.01. The summed E-state index contributed by atoms with van der Waals surface area (Å²) in [5.41, 5.74) is 2.25. The third kappa shape index (κ3) is 3.36. The van der Waals surface area contributed by atoms with Gasteiger partial charge in [-0.1, -0.05) is 11.6 Å². The van der Waals surface area contributed by atoms with Gasteiger partial charge in [0.05, 0.1) is 28.5 Å². The summed E-state index contributed by atoms with van der Waals surface area (Å²) in [6.45, 7) is 4.02. The topological polar surface area (TPSA) is 85.0 Å². The fraction of sp³-hybridized carbons (Fsp3) is 0.286. The molecule has 0 unspecified atom stereocenters. The molecule has 4 aromatic rings. The van der Waals surface area contributed by atoms with Crippen molar-refractivity contribution in [3.8, 4) is 5.69 Å². The zero-order valence-corrected chi connectivity index (χ0v) is 18.3. The maximum absolute atomic E-state index is 13.3. The summed E-state index contributed by atoms with van der Waals surface area (Å²) >= 11 is 6.53. The largest absolute Gasteiger partial charge is 0.352 e. The molecule has 1 aliphatic rings. The van der Waals surface area contributed by atoms with Crippen LogP contribution in [0.1, 0.15) is 16.1 Å². The Morgan fingerprint density at radius 3 is 2.53 bits per heavy atom. The molecule has 11 heteroatoms. The van der Waals surface area contributed by atoms with Gasteiger partial charge in [0, 0.05) is 33.2 Å². The Labute approximate surface area is 188 Å². The monoisotopic (exact) mass is 454 g/mol. The number of carbonyl (C=O) groups is 1. The number of carbonyl (C=O) groups excluding carboxylic acids is 1. The van der Waals surface area contributed by atoms with Gasteiger partial charge in [-0.3, -0.25) is 9.48 Å². The average Bonchev–Trinajstić information content (AvgIpc) is 3.33. The summed E-state index contributed by atoms with van der Waals surface area (Å²) in [5.74, 6) is 0.290. The summed E-state index contributed by atoms with van der Waals surface area (Å²) in [6, 6.07) is 5.80. The van der Waals surface area contributed by atoms with Crippen molar-refractivity contribution in [1.82, 2.24) is 34.4 Å². The van der Waals surface area contributed by atoms with Crippen LogP contribution in [0.5, 0.6) is 0 Å². The number of piperazine rings is 1. The van der Waals surface area contributed by atoms with E-state index in [-0.39, 0.29) is 16.9 Å². The molecule has 0 N–H and O–H groups in total. The molecule has 1 aromatic carbocycles. The number of aryl methyl sites for hydroxylation is 2. The van der Waals surface area contributed by atoms with Crippen molar-refractivity contribution in [2.24, 2.45) is 7.05 Å². The van der Waals surface area contributed by atoms with Crippen LogP contribution >= 0.6 is 11.6 Å². The molecule has 1 fully saturated rings. The second-order valence-electron chi connectivity index (χ2n) is 7.62. The van der Waals surface area contributed by atoms with Crippen molar-refractivity contribution in [2.45, 2.75) is 6.92 Å². The number of halogens is 2. The van der Waals surface area contributed by atoms with Gasteiger partial charge in [0.15, 0.2) is 5.65 Å². The van der Waals surface area contributed by atoms with Crippen molar-refractivity contribution in [1.29, 1.82) is 0 Å². The molecule has 1 saturated heterocycles. The van der Waals surface area contributed by atoms with Crippen molar-refractivity contribution in [3.63, 3.8) is 0 Å². The highest BCUT2D eigenvalue weighted by Crippen LogP contribution is 2.27. The zero-order valence-electron chi connectivity index (χ0n) is 17.5. The van der Waals surface area contributed by atoms with Crippen LogP contribution in [-0.4, -0.2) is 66.5 Å². The molecule has 1 aliphatic heterocycles. The van der Waals surface area contributed by atoms with Gasteiger partial charge < -0.3 is 9.80 Å². The quantitative estimate of drug-likeness (QED) is 0.473. The van der Waals surface area contributed by atoms with E-state index in [1.807, 2.05) is 7.05 Å². The molecule has 0 aliphatic carbocycles. The van der Waals surface area contributed by atoms with E-state index in [9.17, 15) is 9.18 Å². The molecule has 32 heavy (non-hydrogen) atoms. The van der Waals surface area contributed by atoms with Gasteiger partial charge in [-0.2, -0.15) is 10.2 Å². The smallest absolute Gasteiger partial charge is 0.259 e. The van der Waals surface area contributed by atoms with E-state index in [2.05, 4.69) is 25.1 Å². The normalized spacial score (nSPS) is 14.4. The number of nitrogens with zero attached hydrogens (tertiary/aromatic N) is 8. The Morgan fingerprint density at radius 2 is 1.81 bits per heavy atom. The lowest BCUT2D eigenvalue weighted by atomic mass is 10.2. The maximum Gasteiger partial charge on any atom is 0.259 e. The number of aromatic nitrogens is 6. The van der Waals surface area contributed by atoms with E-state index in [1.54, 1.807) is 34.8 Å². The molecule has 0 spiro atoms. The minimum atomic E-state index is -0.352. The van der Waals surface area contributed by atoms with Crippen LogP contribution in [0.4, 0.5) is 10.2 Å². The molecule has 0 bridgehead atoms. The van der Waals surface area contributed by atoms with Gasteiger partial charge in [0.25, 0.3) is 5.91 Å². The molecule has 0 radical (unpaired) electrons. The first kappa shape index (κ1) is 20.4. The van der Waals surface area contributed by atoms with Crippen LogP contribution in [0.2, 0.25) is 5.15 Å². The maximum atomic E-state index is 13.3. The first-order valence-corrected chi connectivity index (χ1v) is 10.5. The lowest BCUT2D eigenvalue weighted by Gasteiger charge is -2.35. The van der Waals surface area contributed by atoms with E-state index >= 15 is 0 Å². The van der Waals surface area contributed by atoms with Crippen LogP contribution in [0, 0.1) is 12.7 Å². The second-order valence-corrected chi connectivity index (χ2v) is 7.98. The minimum absolute atomic E-state index is 0.172. The number of hydrogen-bond acceptors (Lipinski definition) is 6. The minimum Gasteiger partial charge on any atom is -0.352 e. The Balaban J connectivity index is 1.35. The predicted molar refractivity (Wildman–Crippen MR) is 118 cm³/mol. The fourth-order valence-corrected chi connectivity index (χ4v) is 4.33. The molecule has 164 valence electrons. The summed E-state index contributed by atoms with van der Waals surface area (Å²) in [6.07, 6.45) is 3.29. The van der Waals surface area contributed by atoms with Gasteiger partial charge in [-0.25, -0.2) is 19.0 Å². The highest BCUT2D eigenvalue weighted by atomic mass is 35.5. The molecule has 3 aromatic heterocycles. The number of anilines is 1. The second kappa shape index (κ2) is 7.86. The van der Waals surface area contributed by atoms with Gasteiger partial charge in [-0.05, 0) is 31.2 Å². The molecule has 0 saturated carbocycles. The molecule has 0 atom stereocenters. The molecule has 1 amide bonds. The highest BCUT2D eigenvalue weighted by molar-refractivity contribution is 6.33. The number of fused-ring (bicyclic) bond motifs is 1. The van der Waals surface area contributed by atoms with Gasteiger partial charge in [0.1, 0.15) is 23.1 Å². The summed E-state index contributed by atoms with van der Waals surface area (Å²) < 4.78 is 16.4. The Hall–Kier alpha value is -3.53. The van der Waals surface area contributed by atoms with Crippen LogP contribution in [-0.2, 0) is 7.05 Å². The number of amides is 1. The van der Waals surface area contributed by atoms with Gasteiger partial charge in [0.2, 0.25) is 0 Å². The van der Waals surface area contributed by atoms with E-state index in [0.717, 1.165) is 16.9 Å². The number of rotatable bonds is 3. The van der Waals surface area contributed by atoms with Crippen LogP contribution in [0.3, 0.4) is 0 Å². The summed E-state index contributed by atoms with van der Waals surface area (Å²) in [4.78, 5) is 25.9. The molecule has 4 heterocycles.